The Kier molecular flexibility index (Phi) is 2.49. The number of hydrogen-bond acceptors (Lipinski definition) is 4. The molecule has 0 bridgehead atoms. The summed E-state index contributed by atoms with van der Waals surface area (Å²) in [6.45, 7) is 1.93. The van der Waals surface area contributed by atoms with Gasteiger partial charge in [0.1, 0.15) is 0 Å². The molecule has 1 aliphatic rings. The average Bonchev–Trinajstić information content (AvgIpc) is 2.23. The van der Waals surface area contributed by atoms with E-state index in [1.165, 1.54) is 6.20 Å². The first-order valence-corrected chi connectivity index (χ1v) is 4.83. The molecular formula is C9H14N4O. The number of nitrogen functional groups attached to an aromatic ring is 1. The molecule has 2 rings (SSSR count). The van der Waals surface area contributed by atoms with E-state index in [4.69, 9.17) is 5.73 Å². The lowest BCUT2D eigenvalue weighted by Gasteiger charge is -2.23. The van der Waals surface area contributed by atoms with Gasteiger partial charge in [0.2, 0.25) is 0 Å². The minimum atomic E-state index is -0.320. The van der Waals surface area contributed by atoms with E-state index in [0.29, 0.717) is 11.6 Å². The summed E-state index contributed by atoms with van der Waals surface area (Å²) < 4.78 is 0. The minimum absolute atomic E-state index is 0.319. The predicted octanol–water partition coefficient (Wildman–Crippen LogP) is -0.181. The molecule has 1 saturated heterocycles. The summed E-state index contributed by atoms with van der Waals surface area (Å²) in [5.74, 6) is 0.319. The molecule has 1 atom stereocenters. The third kappa shape index (κ3) is 1.77. The van der Waals surface area contributed by atoms with E-state index in [1.54, 1.807) is 0 Å². The van der Waals surface area contributed by atoms with Crippen molar-refractivity contribution in [1.82, 2.24) is 15.3 Å². The lowest BCUT2D eigenvalue weighted by Crippen LogP contribution is -2.30. The molecular weight excluding hydrogens is 180 g/mol. The summed E-state index contributed by atoms with van der Waals surface area (Å²) in [6, 6.07) is 0. The fraction of sp³-hybridized carbons (Fsp3) is 0.556. The zero-order chi connectivity index (χ0) is 9.97. The number of aromatic nitrogens is 2. The summed E-state index contributed by atoms with van der Waals surface area (Å²) in [5.41, 5.74) is 6.85. The van der Waals surface area contributed by atoms with Crippen LogP contribution in [0.1, 0.15) is 24.5 Å². The molecule has 1 aromatic heterocycles. The van der Waals surface area contributed by atoms with Gasteiger partial charge in [0.05, 0.1) is 11.9 Å². The predicted molar refractivity (Wildman–Crippen MR) is 54.1 cm³/mol. The van der Waals surface area contributed by atoms with Gasteiger partial charge in [-0.1, -0.05) is 0 Å². The fourth-order valence-corrected chi connectivity index (χ4v) is 1.85. The molecule has 5 nitrogen and oxygen atoms in total. The maximum Gasteiger partial charge on any atom is 0.345 e. The first-order chi connectivity index (χ1) is 6.77. The SMILES string of the molecule is Nc1cnc(=O)[nH]c1C1CCCNC1. The number of nitrogens with two attached hydrogens (primary N) is 1. The summed E-state index contributed by atoms with van der Waals surface area (Å²) >= 11 is 0. The van der Waals surface area contributed by atoms with Crippen LogP contribution in [0.3, 0.4) is 0 Å². The van der Waals surface area contributed by atoms with Crippen molar-refractivity contribution in [3.8, 4) is 0 Å². The number of piperidine rings is 1. The first-order valence-electron chi connectivity index (χ1n) is 4.83. The van der Waals surface area contributed by atoms with Crippen molar-refractivity contribution in [3.63, 3.8) is 0 Å². The van der Waals surface area contributed by atoms with Crippen molar-refractivity contribution in [2.24, 2.45) is 0 Å². The van der Waals surface area contributed by atoms with Crippen molar-refractivity contribution in [2.75, 3.05) is 18.8 Å². The van der Waals surface area contributed by atoms with Crippen molar-refractivity contribution in [3.05, 3.63) is 22.4 Å². The quantitative estimate of drug-likeness (QED) is 0.579. The smallest absolute Gasteiger partial charge is 0.345 e. The molecule has 4 N–H and O–H groups in total. The maximum absolute atomic E-state index is 11.0. The Balaban J connectivity index is 2.29. The van der Waals surface area contributed by atoms with Crippen molar-refractivity contribution in [1.29, 1.82) is 0 Å². The molecule has 0 spiro atoms. The zero-order valence-electron chi connectivity index (χ0n) is 7.92. The van der Waals surface area contributed by atoms with Crippen LogP contribution in [0.4, 0.5) is 5.69 Å². The monoisotopic (exact) mass is 194 g/mol. The van der Waals surface area contributed by atoms with E-state index >= 15 is 0 Å². The molecule has 76 valence electrons. The molecule has 0 amide bonds. The topological polar surface area (TPSA) is 83.8 Å². The summed E-state index contributed by atoms with van der Waals surface area (Å²) in [4.78, 5) is 17.3. The largest absolute Gasteiger partial charge is 0.396 e. The van der Waals surface area contributed by atoms with Crippen LogP contribution in [0.2, 0.25) is 0 Å². The number of hydrogen-bond donors (Lipinski definition) is 3. The van der Waals surface area contributed by atoms with E-state index in [1.807, 2.05) is 0 Å². The average molecular weight is 194 g/mol. The molecule has 14 heavy (non-hydrogen) atoms. The second-order valence-electron chi connectivity index (χ2n) is 3.60. The van der Waals surface area contributed by atoms with Gasteiger partial charge < -0.3 is 16.0 Å². The van der Waals surface area contributed by atoms with Crippen LogP contribution in [0.15, 0.2) is 11.0 Å². The Labute approximate surface area is 81.7 Å². The van der Waals surface area contributed by atoms with Gasteiger partial charge in [-0.25, -0.2) is 4.79 Å². The molecule has 1 aliphatic heterocycles. The Hall–Kier alpha value is -1.36. The van der Waals surface area contributed by atoms with E-state index in [0.717, 1.165) is 31.6 Å². The van der Waals surface area contributed by atoms with Crippen molar-refractivity contribution < 1.29 is 0 Å². The molecule has 2 heterocycles. The van der Waals surface area contributed by atoms with Crippen LogP contribution in [0.25, 0.3) is 0 Å². The normalized spacial score (nSPS) is 22.1. The van der Waals surface area contributed by atoms with Gasteiger partial charge >= 0.3 is 5.69 Å². The molecule has 1 unspecified atom stereocenters. The third-order valence-corrected chi connectivity index (χ3v) is 2.58. The molecule has 1 fully saturated rings. The lowest BCUT2D eigenvalue weighted by atomic mass is 9.95. The number of aromatic amines is 1. The molecule has 0 aromatic carbocycles. The first kappa shape index (κ1) is 9.21. The molecule has 5 heteroatoms. The highest BCUT2D eigenvalue weighted by molar-refractivity contribution is 5.41. The van der Waals surface area contributed by atoms with Crippen molar-refractivity contribution >= 4 is 5.69 Å². The van der Waals surface area contributed by atoms with Crippen LogP contribution in [-0.2, 0) is 0 Å². The highest BCUT2D eigenvalue weighted by Crippen LogP contribution is 2.24. The van der Waals surface area contributed by atoms with E-state index in [2.05, 4.69) is 15.3 Å². The number of rotatable bonds is 1. The second-order valence-corrected chi connectivity index (χ2v) is 3.60. The third-order valence-electron chi connectivity index (χ3n) is 2.58. The number of nitrogens with zero attached hydrogens (tertiary/aromatic N) is 1. The summed E-state index contributed by atoms with van der Waals surface area (Å²) in [5, 5.41) is 3.28. The van der Waals surface area contributed by atoms with Gasteiger partial charge in [0.25, 0.3) is 0 Å². The number of nitrogens with one attached hydrogen (secondary N) is 2. The van der Waals surface area contributed by atoms with Gasteiger partial charge in [0.15, 0.2) is 0 Å². The van der Waals surface area contributed by atoms with Gasteiger partial charge in [0, 0.05) is 18.2 Å². The van der Waals surface area contributed by atoms with Gasteiger partial charge in [-0.2, -0.15) is 4.98 Å². The second kappa shape index (κ2) is 3.79. The van der Waals surface area contributed by atoms with Crippen LogP contribution in [0, 0.1) is 0 Å². The van der Waals surface area contributed by atoms with Crippen LogP contribution < -0.4 is 16.7 Å². The zero-order valence-corrected chi connectivity index (χ0v) is 7.92. The van der Waals surface area contributed by atoms with E-state index in [-0.39, 0.29) is 5.69 Å². The summed E-state index contributed by atoms with van der Waals surface area (Å²) in [6.07, 6.45) is 3.62. The molecule has 1 aromatic rings. The molecule has 0 radical (unpaired) electrons. The van der Waals surface area contributed by atoms with E-state index in [9.17, 15) is 4.79 Å². The number of anilines is 1. The van der Waals surface area contributed by atoms with Crippen molar-refractivity contribution in [2.45, 2.75) is 18.8 Å². The Morgan fingerprint density at radius 3 is 3.14 bits per heavy atom. The highest BCUT2D eigenvalue weighted by atomic mass is 16.1. The lowest BCUT2D eigenvalue weighted by molar-refractivity contribution is 0.454. The maximum atomic E-state index is 11.0. The molecule has 0 aliphatic carbocycles. The highest BCUT2D eigenvalue weighted by Gasteiger charge is 2.18. The Bertz CT molecular complexity index is 367. The minimum Gasteiger partial charge on any atom is -0.396 e. The van der Waals surface area contributed by atoms with Gasteiger partial charge in [-0.3, -0.25) is 0 Å². The van der Waals surface area contributed by atoms with Gasteiger partial charge in [-0.05, 0) is 19.4 Å². The Morgan fingerprint density at radius 2 is 2.43 bits per heavy atom. The van der Waals surface area contributed by atoms with Gasteiger partial charge in [-0.15, -0.1) is 0 Å². The Morgan fingerprint density at radius 1 is 1.57 bits per heavy atom. The molecule has 0 saturated carbocycles. The van der Waals surface area contributed by atoms with Crippen LogP contribution in [-0.4, -0.2) is 23.1 Å². The van der Waals surface area contributed by atoms with Crippen LogP contribution >= 0.6 is 0 Å². The van der Waals surface area contributed by atoms with Crippen LogP contribution in [0.5, 0.6) is 0 Å². The summed E-state index contributed by atoms with van der Waals surface area (Å²) in [7, 11) is 0. The number of H-pyrrole nitrogens is 1. The fourth-order valence-electron chi connectivity index (χ4n) is 1.85. The van der Waals surface area contributed by atoms with E-state index < -0.39 is 0 Å². The standard InChI is InChI=1S/C9H14N4O/c10-7-5-12-9(14)13-8(7)6-2-1-3-11-4-6/h5-6,11H,1-4,10H2,(H,12,13,14).